The second kappa shape index (κ2) is 10.9. The molecule has 3 N–H and O–H groups in total. The molecule has 1 amide bonds. The van der Waals surface area contributed by atoms with Crippen molar-refractivity contribution in [3.8, 4) is 0 Å². The van der Waals surface area contributed by atoms with Gasteiger partial charge in [0.25, 0.3) is 0 Å². The molecule has 0 radical (unpaired) electrons. The number of aromatic nitrogens is 1. The van der Waals surface area contributed by atoms with E-state index >= 15 is 0 Å². The number of piperidine rings is 1. The largest absolute Gasteiger partial charge is 0.364 e. The molecule has 3 heterocycles. The standard InChI is InChI=1S/C17H26N4O2.2ClH/c18-11-15-1-2-16(23-15)17(22)20-14-5-9-21(10-6-14)12-13-3-7-19-8-4-13;;/h3-4,7-8,14-16H,1-2,5-6,9-12,18H2,(H,20,22);2*1H/t15-,16+;;/m1../s1. The summed E-state index contributed by atoms with van der Waals surface area (Å²) in [6, 6.07) is 4.37. The zero-order chi connectivity index (χ0) is 16.1. The Kier molecular flexibility index (Phi) is 9.67. The summed E-state index contributed by atoms with van der Waals surface area (Å²) >= 11 is 0. The molecular formula is C17H28Cl2N4O2. The maximum Gasteiger partial charge on any atom is 0.249 e. The summed E-state index contributed by atoms with van der Waals surface area (Å²) in [6.07, 6.45) is 7.06. The number of amides is 1. The van der Waals surface area contributed by atoms with E-state index in [1.165, 1.54) is 5.56 Å². The summed E-state index contributed by atoms with van der Waals surface area (Å²) in [6.45, 7) is 3.46. The van der Waals surface area contributed by atoms with Gasteiger partial charge in [-0.25, -0.2) is 0 Å². The van der Waals surface area contributed by atoms with Crippen LogP contribution >= 0.6 is 24.8 Å². The quantitative estimate of drug-likeness (QED) is 0.796. The maximum absolute atomic E-state index is 12.3. The van der Waals surface area contributed by atoms with E-state index in [-0.39, 0.29) is 49.0 Å². The van der Waals surface area contributed by atoms with Crippen LogP contribution in [-0.4, -0.2) is 53.7 Å². The fraction of sp³-hybridized carbons (Fsp3) is 0.647. The van der Waals surface area contributed by atoms with Crippen molar-refractivity contribution in [3.63, 3.8) is 0 Å². The molecule has 0 unspecified atom stereocenters. The van der Waals surface area contributed by atoms with Gasteiger partial charge in [0.15, 0.2) is 0 Å². The van der Waals surface area contributed by atoms with Crippen molar-refractivity contribution in [2.24, 2.45) is 5.73 Å². The van der Waals surface area contributed by atoms with Crippen molar-refractivity contribution in [2.45, 2.75) is 50.5 Å². The first-order chi connectivity index (χ1) is 11.2. The molecule has 6 nitrogen and oxygen atoms in total. The fourth-order valence-electron chi connectivity index (χ4n) is 3.35. The molecule has 25 heavy (non-hydrogen) atoms. The summed E-state index contributed by atoms with van der Waals surface area (Å²) in [5, 5.41) is 3.15. The number of hydrogen-bond donors (Lipinski definition) is 2. The normalized spacial score (nSPS) is 24.2. The van der Waals surface area contributed by atoms with Crippen LogP contribution in [0.3, 0.4) is 0 Å². The fourth-order valence-corrected chi connectivity index (χ4v) is 3.35. The van der Waals surface area contributed by atoms with E-state index in [9.17, 15) is 4.79 Å². The molecule has 8 heteroatoms. The van der Waals surface area contributed by atoms with Gasteiger partial charge in [-0.15, -0.1) is 24.8 Å². The van der Waals surface area contributed by atoms with Gasteiger partial charge in [0.2, 0.25) is 5.91 Å². The molecule has 142 valence electrons. The Morgan fingerprint density at radius 2 is 1.88 bits per heavy atom. The van der Waals surface area contributed by atoms with Crippen molar-refractivity contribution < 1.29 is 9.53 Å². The first-order valence-electron chi connectivity index (χ1n) is 8.52. The van der Waals surface area contributed by atoms with Gasteiger partial charge < -0.3 is 15.8 Å². The minimum absolute atomic E-state index is 0. The van der Waals surface area contributed by atoms with E-state index in [4.69, 9.17) is 10.5 Å². The summed E-state index contributed by atoms with van der Waals surface area (Å²) in [5.41, 5.74) is 6.88. The number of nitrogens with zero attached hydrogens (tertiary/aromatic N) is 2. The summed E-state index contributed by atoms with van der Waals surface area (Å²) in [5.74, 6) is 0.0357. The van der Waals surface area contributed by atoms with E-state index in [2.05, 4.69) is 27.3 Å². The molecule has 0 aromatic carbocycles. The van der Waals surface area contributed by atoms with Crippen LogP contribution < -0.4 is 11.1 Å². The number of carbonyl (C=O) groups excluding carboxylic acids is 1. The minimum Gasteiger partial charge on any atom is -0.364 e. The highest BCUT2D eigenvalue weighted by Gasteiger charge is 2.31. The van der Waals surface area contributed by atoms with Gasteiger partial charge >= 0.3 is 0 Å². The lowest BCUT2D eigenvalue weighted by atomic mass is 10.0. The molecule has 2 fully saturated rings. The number of rotatable bonds is 5. The lowest BCUT2D eigenvalue weighted by Gasteiger charge is -2.32. The molecule has 0 bridgehead atoms. The average Bonchev–Trinajstić information content (AvgIpc) is 3.07. The zero-order valence-corrected chi connectivity index (χ0v) is 15.9. The van der Waals surface area contributed by atoms with Gasteiger partial charge in [0, 0.05) is 44.6 Å². The number of hydrogen-bond acceptors (Lipinski definition) is 5. The molecule has 2 aliphatic rings. The summed E-state index contributed by atoms with van der Waals surface area (Å²) < 4.78 is 5.66. The van der Waals surface area contributed by atoms with Gasteiger partial charge in [0.05, 0.1) is 6.10 Å². The van der Waals surface area contributed by atoms with Gasteiger partial charge in [-0.05, 0) is 43.4 Å². The molecule has 0 spiro atoms. The van der Waals surface area contributed by atoms with Crippen molar-refractivity contribution in [1.29, 1.82) is 0 Å². The van der Waals surface area contributed by atoms with Gasteiger partial charge in [-0.2, -0.15) is 0 Å². The highest BCUT2D eigenvalue weighted by Crippen LogP contribution is 2.20. The third-order valence-electron chi connectivity index (χ3n) is 4.75. The van der Waals surface area contributed by atoms with Crippen molar-refractivity contribution in [2.75, 3.05) is 19.6 Å². The van der Waals surface area contributed by atoms with Crippen LogP contribution in [0.5, 0.6) is 0 Å². The van der Waals surface area contributed by atoms with Crippen LogP contribution in [0.4, 0.5) is 0 Å². The maximum atomic E-state index is 12.3. The number of likely N-dealkylation sites (tertiary alicyclic amines) is 1. The van der Waals surface area contributed by atoms with Gasteiger partial charge in [0.1, 0.15) is 6.10 Å². The molecule has 2 saturated heterocycles. The minimum atomic E-state index is -0.307. The van der Waals surface area contributed by atoms with Gasteiger partial charge in [-0.3, -0.25) is 14.7 Å². The number of nitrogens with two attached hydrogens (primary N) is 1. The lowest BCUT2D eigenvalue weighted by molar-refractivity contribution is -0.132. The van der Waals surface area contributed by atoms with Crippen molar-refractivity contribution in [3.05, 3.63) is 30.1 Å². The Morgan fingerprint density at radius 3 is 2.48 bits per heavy atom. The zero-order valence-electron chi connectivity index (χ0n) is 14.3. The highest BCUT2D eigenvalue weighted by atomic mass is 35.5. The predicted octanol–water partition coefficient (Wildman–Crippen LogP) is 1.51. The highest BCUT2D eigenvalue weighted by molar-refractivity contribution is 5.85. The molecule has 3 rings (SSSR count). The van der Waals surface area contributed by atoms with Crippen LogP contribution in [-0.2, 0) is 16.1 Å². The number of pyridine rings is 1. The SMILES string of the molecule is Cl.Cl.NC[C@H]1CC[C@@H](C(=O)NC2CCN(Cc3ccncc3)CC2)O1. The third kappa shape index (κ3) is 6.38. The Labute approximate surface area is 161 Å². The second-order valence-corrected chi connectivity index (χ2v) is 6.47. The number of nitrogens with one attached hydrogen (secondary N) is 1. The smallest absolute Gasteiger partial charge is 0.249 e. The molecule has 1 aromatic heterocycles. The van der Waals surface area contributed by atoms with E-state index in [0.29, 0.717) is 6.54 Å². The Morgan fingerprint density at radius 1 is 1.20 bits per heavy atom. The molecule has 0 aliphatic carbocycles. The monoisotopic (exact) mass is 390 g/mol. The topological polar surface area (TPSA) is 80.5 Å². The van der Waals surface area contributed by atoms with Crippen LogP contribution in [0, 0.1) is 0 Å². The first kappa shape index (κ1) is 22.1. The number of ether oxygens (including phenoxy) is 1. The number of halogens is 2. The summed E-state index contributed by atoms with van der Waals surface area (Å²) in [7, 11) is 0. The Balaban J connectivity index is 0.00000156. The van der Waals surface area contributed by atoms with E-state index < -0.39 is 0 Å². The van der Waals surface area contributed by atoms with Crippen LogP contribution in [0.15, 0.2) is 24.5 Å². The van der Waals surface area contributed by atoms with Crippen LogP contribution in [0.25, 0.3) is 0 Å². The average molecular weight is 391 g/mol. The van der Waals surface area contributed by atoms with E-state index in [0.717, 1.165) is 45.3 Å². The molecular weight excluding hydrogens is 363 g/mol. The molecule has 2 atom stereocenters. The number of carbonyl (C=O) groups is 1. The van der Waals surface area contributed by atoms with Gasteiger partial charge in [-0.1, -0.05) is 0 Å². The third-order valence-corrected chi connectivity index (χ3v) is 4.75. The van der Waals surface area contributed by atoms with Crippen molar-refractivity contribution >= 4 is 30.7 Å². The van der Waals surface area contributed by atoms with E-state index in [1.807, 2.05) is 12.4 Å². The molecule has 0 saturated carbocycles. The Hall–Kier alpha value is -0.920. The summed E-state index contributed by atoms with van der Waals surface area (Å²) in [4.78, 5) is 18.7. The van der Waals surface area contributed by atoms with Crippen molar-refractivity contribution in [1.82, 2.24) is 15.2 Å². The first-order valence-corrected chi connectivity index (χ1v) is 8.52. The lowest BCUT2D eigenvalue weighted by Crippen LogP contribution is -2.47. The molecule has 1 aromatic rings. The second-order valence-electron chi connectivity index (χ2n) is 6.47. The Bertz CT molecular complexity index is 513. The molecule has 2 aliphatic heterocycles. The van der Waals surface area contributed by atoms with Crippen LogP contribution in [0.2, 0.25) is 0 Å². The van der Waals surface area contributed by atoms with Crippen LogP contribution in [0.1, 0.15) is 31.2 Å². The van der Waals surface area contributed by atoms with E-state index in [1.54, 1.807) is 0 Å². The predicted molar refractivity (Wildman–Crippen MR) is 102 cm³/mol.